The lowest BCUT2D eigenvalue weighted by molar-refractivity contribution is -0.123. The summed E-state index contributed by atoms with van der Waals surface area (Å²) < 4.78 is 0. The van der Waals surface area contributed by atoms with Crippen LogP contribution in [0.3, 0.4) is 0 Å². The molecule has 4 heteroatoms. The SMILES string of the molecule is CCC(C)NC(=O)C(C)NCCSc1ccccc1. The van der Waals surface area contributed by atoms with Crippen molar-refractivity contribution in [1.82, 2.24) is 10.6 Å². The van der Waals surface area contributed by atoms with Crippen LogP contribution < -0.4 is 10.6 Å². The van der Waals surface area contributed by atoms with Gasteiger partial charge in [-0.05, 0) is 32.4 Å². The second kappa shape index (κ2) is 8.99. The summed E-state index contributed by atoms with van der Waals surface area (Å²) in [5.41, 5.74) is 0. The van der Waals surface area contributed by atoms with Crippen molar-refractivity contribution in [2.75, 3.05) is 12.3 Å². The fraction of sp³-hybridized carbons (Fsp3) is 0.533. The van der Waals surface area contributed by atoms with E-state index in [2.05, 4.69) is 29.7 Å². The van der Waals surface area contributed by atoms with E-state index in [1.165, 1.54) is 4.90 Å². The molecule has 1 rings (SSSR count). The van der Waals surface area contributed by atoms with E-state index in [9.17, 15) is 4.79 Å². The number of hydrogen-bond acceptors (Lipinski definition) is 3. The van der Waals surface area contributed by atoms with E-state index in [0.717, 1.165) is 18.7 Å². The Kier molecular flexibility index (Phi) is 7.60. The van der Waals surface area contributed by atoms with Gasteiger partial charge in [0.1, 0.15) is 0 Å². The molecule has 0 aliphatic rings. The number of hydrogen-bond donors (Lipinski definition) is 2. The molecule has 19 heavy (non-hydrogen) atoms. The maximum Gasteiger partial charge on any atom is 0.237 e. The summed E-state index contributed by atoms with van der Waals surface area (Å²) in [7, 11) is 0. The van der Waals surface area contributed by atoms with Gasteiger partial charge in [-0.3, -0.25) is 4.79 Å². The molecule has 1 aromatic rings. The zero-order valence-electron chi connectivity index (χ0n) is 12.0. The smallest absolute Gasteiger partial charge is 0.237 e. The summed E-state index contributed by atoms with van der Waals surface area (Å²) >= 11 is 1.80. The van der Waals surface area contributed by atoms with Crippen LogP contribution in [-0.2, 0) is 4.79 Å². The first-order valence-corrected chi connectivity index (χ1v) is 7.83. The van der Waals surface area contributed by atoms with Gasteiger partial charge in [0.2, 0.25) is 5.91 Å². The third-order valence-corrected chi connectivity index (χ3v) is 3.97. The van der Waals surface area contributed by atoms with E-state index < -0.39 is 0 Å². The van der Waals surface area contributed by atoms with Crippen molar-refractivity contribution in [1.29, 1.82) is 0 Å². The van der Waals surface area contributed by atoms with Crippen molar-refractivity contribution in [3.05, 3.63) is 30.3 Å². The van der Waals surface area contributed by atoms with Crippen molar-refractivity contribution < 1.29 is 4.79 Å². The van der Waals surface area contributed by atoms with E-state index in [4.69, 9.17) is 0 Å². The molecule has 0 bridgehead atoms. The number of rotatable bonds is 8. The van der Waals surface area contributed by atoms with Gasteiger partial charge in [0.15, 0.2) is 0 Å². The second-order valence-electron chi connectivity index (χ2n) is 4.66. The average Bonchev–Trinajstić information content (AvgIpc) is 2.44. The predicted octanol–water partition coefficient (Wildman–Crippen LogP) is 2.67. The minimum Gasteiger partial charge on any atom is -0.352 e. The first-order valence-electron chi connectivity index (χ1n) is 6.85. The van der Waals surface area contributed by atoms with E-state index in [1.807, 2.05) is 32.0 Å². The molecule has 0 spiro atoms. The molecule has 0 heterocycles. The van der Waals surface area contributed by atoms with Crippen LogP contribution in [0.2, 0.25) is 0 Å². The van der Waals surface area contributed by atoms with Crippen LogP contribution in [0.25, 0.3) is 0 Å². The highest BCUT2D eigenvalue weighted by molar-refractivity contribution is 7.99. The maximum atomic E-state index is 11.8. The van der Waals surface area contributed by atoms with Crippen LogP contribution in [-0.4, -0.2) is 30.3 Å². The minimum atomic E-state index is -0.134. The summed E-state index contributed by atoms with van der Waals surface area (Å²) in [6.45, 7) is 6.83. The normalized spacial score (nSPS) is 13.8. The van der Waals surface area contributed by atoms with Gasteiger partial charge in [-0.2, -0.15) is 0 Å². The molecule has 0 radical (unpaired) electrons. The number of benzene rings is 1. The van der Waals surface area contributed by atoms with Gasteiger partial charge in [0, 0.05) is 23.2 Å². The molecule has 2 N–H and O–H groups in total. The fourth-order valence-electron chi connectivity index (χ4n) is 1.52. The molecule has 2 atom stereocenters. The topological polar surface area (TPSA) is 41.1 Å². The van der Waals surface area contributed by atoms with E-state index in [1.54, 1.807) is 11.8 Å². The fourth-order valence-corrected chi connectivity index (χ4v) is 2.33. The zero-order chi connectivity index (χ0) is 14.1. The Balaban J connectivity index is 2.16. The summed E-state index contributed by atoms with van der Waals surface area (Å²) in [5, 5.41) is 6.23. The molecule has 0 fully saturated rings. The van der Waals surface area contributed by atoms with Crippen LogP contribution >= 0.6 is 11.8 Å². The van der Waals surface area contributed by atoms with E-state index in [0.29, 0.717) is 0 Å². The quantitative estimate of drug-likeness (QED) is 0.568. The molecule has 0 aromatic heterocycles. The molecule has 0 aliphatic carbocycles. The Labute approximate surface area is 120 Å². The van der Waals surface area contributed by atoms with Gasteiger partial charge >= 0.3 is 0 Å². The van der Waals surface area contributed by atoms with Crippen molar-refractivity contribution in [3.8, 4) is 0 Å². The van der Waals surface area contributed by atoms with Crippen molar-refractivity contribution in [2.24, 2.45) is 0 Å². The highest BCUT2D eigenvalue weighted by Gasteiger charge is 2.13. The third-order valence-electron chi connectivity index (χ3n) is 2.96. The van der Waals surface area contributed by atoms with Crippen LogP contribution in [0.5, 0.6) is 0 Å². The largest absolute Gasteiger partial charge is 0.352 e. The lowest BCUT2D eigenvalue weighted by atomic mass is 10.2. The van der Waals surface area contributed by atoms with Crippen molar-refractivity contribution in [2.45, 2.75) is 44.2 Å². The number of thioether (sulfide) groups is 1. The summed E-state index contributed by atoms with van der Waals surface area (Å²) in [6, 6.07) is 10.4. The molecule has 1 aromatic carbocycles. The van der Waals surface area contributed by atoms with Gasteiger partial charge in [-0.1, -0.05) is 25.1 Å². The highest BCUT2D eigenvalue weighted by atomic mass is 32.2. The number of nitrogens with one attached hydrogen (secondary N) is 2. The summed E-state index contributed by atoms with van der Waals surface area (Å²) in [4.78, 5) is 13.1. The molecular weight excluding hydrogens is 256 g/mol. The average molecular weight is 280 g/mol. The Morgan fingerprint density at radius 1 is 1.26 bits per heavy atom. The Bertz CT molecular complexity index is 370. The minimum absolute atomic E-state index is 0.0825. The third kappa shape index (κ3) is 6.64. The maximum absolute atomic E-state index is 11.8. The molecule has 3 nitrogen and oxygen atoms in total. The van der Waals surface area contributed by atoms with Crippen LogP contribution in [0.15, 0.2) is 35.2 Å². The van der Waals surface area contributed by atoms with Crippen LogP contribution in [0.4, 0.5) is 0 Å². The summed E-state index contributed by atoms with van der Waals surface area (Å²) in [6.07, 6.45) is 0.961. The number of carbonyl (C=O) groups is 1. The van der Waals surface area contributed by atoms with Crippen LogP contribution in [0.1, 0.15) is 27.2 Å². The first kappa shape index (κ1) is 16.1. The number of carbonyl (C=O) groups excluding carboxylic acids is 1. The van der Waals surface area contributed by atoms with Gasteiger partial charge in [-0.15, -0.1) is 11.8 Å². The molecule has 1 amide bonds. The molecule has 2 unspecified atom stereocenters. The van der Waals surface area contributed by atoms with Crippen molar-refractivity contribution >= 4 is 17.7 Å². The Morgan fingerprint density at radius 3 is 2.58 bits per heavy atom. The van der Waals surface area contributed by atoms with Gasteiger partial charge < -0.3 is 10.6 Å². The molecule has 0 saturated heterocycles. The molecule has 0 aliphatic heterocycles. The van der Waals surface area contributed by atoms with E-state index >= 15 is 0 Å². The lowest BCUT2D eigenvalue weighted by Crippen LogP contribution is -2.45. The van der Waals surface area contributed by atoms with Crippen molar-refractivity contribution in [3.63, 3.8) is 0 Å². The Morgan fingerprint density at radius 2 is 1.95 bits per heavy atom. The zero-order valence-corrected chi connectivity index (χ0v) is 12.8. The number of amides is 1. The lowest BCUT2D eigenvalue weighted by Gasteiger charge is -2.17. The molecule has 106 valence electrons. The van der Waals surface area contributed by atoms with Crippen LogP contribution in [0, 0.1) is 0 Å². The van der Waals surface area contributed by atoms with Gasteiger partial charge in [0.25, 0.3) is 0 Å². The standard InChI is InChI=1S/C15H24N2OS/c1-4-12(2)17-15(18)13(3)16-10-11-19-14-8-6-5-7-9-14/h5-9,12-13,16H,4,10-11H2,1-3H3,(H,17,18). The predicted molar refractivity (Wildman–Crippen MR) is 82.5 cm³/mol. The Hall–Kier alpha value is -1.00. The molecule has 0 saturated carbocycles. The van der Waals surface area contributed by atoms with Gasteiger partial charge in [-0.25, -0.2) is 0 Å². The van der Waals surface area contributed by atoms with Gasteiger partial charge in [0.05, 0.1) is 6.04 Å². The van der Waals surface area contributed by atoms with E-state index in [-0.39, 0.29) is 18.0 Å². The first-order chi connectivity index (χ1) is 9.13. The second-order valence-corrected chi connectivity index (χ2v) is 5.82. The monoisotopic (exact) mass is 280 g/mol. The molecular formula is C15H24N2OS. The summed E-state index contributed by atoms with van der Waals surface area (Å²) in [5.74, 6) is 1.05. The highest BCUT2D eigenvalue weighted by Crippen LogP contribution is 2.15.